The van der Waals surface area contributed by atoms with Crippen LogP contribution in [-0.4, -0.2) is 12.9 Å². The maximum absolute atomic E-state index is 12.6. The van der Waals surface area contributed by atoms with Crippen molar-refractivity contribution < 1.29 is 9.53 Å². The summed E-state index contributed by atoms with van der Waals surface area (Å²) >= 11 is 1.65. The van der Waals surface area contributed by atoms with Crippen LogP contribution in [-0.2, 0) is 4.79 Å². The molecule has 0 aliphatic heterocycles. The third kappa shape index (κ3) is 3.37. The minimum absolute atomic E-state index is 0.181. The number of ether oxygens (including phenoxy) is 1. The molecule has 1 saturated carbocycles. The summed E-state index contributed by atoms with van der Waals surface area (Å²) in [7, 11) is 1.65. The maximum Gasteiger partial charge on any atom is 0.185 e. The number of Topliss-reactive ketones (excluding diaryl/α,β-unsaturated/α-hetero) is 1. The topological polar surface area (TPSA) is 26.3 Å². The van der Waals surface area contributed by atoms with Crippen LogP contribution in [0.2, 0.25) is 0 Å². The smallest absolute Gasteiger partial charge is 0.185 e. The summed E-state index contributed by atoms with van der Waals surface area (Å²) < 4.78 is 5.24. The van der Waals surface area contributed by atoms with Crippen molar-refractivity contribution in [2.75, 3.05) is 7.11 Å². The molecule has 112 valence electrons. The molecule has 0 saturated heterocycles. The molecule has 1 aromatic carbocycles. The molecule has 0 radical (unpaired) electrons. The number of rotatable bonds is 3. The maximum atomic E-state index is 12.6. The molecule has 1 fully saturated rings. The van der Waals surface area contributed by atoms with Gasteiger partial charge in [-0.15, -0.1) is 0 Å². The van der Waals surface area contributed by atoms with Gasteiger partial charge in [0.2, 0.25) is 0 Å². The zero-order valence-electron chi connectivity index (χ0n) is 12.5. The fourth-order valence-corrected chi connectivity index (χ4v) is 3.29. The first-order valence-electron chi connectivity index (χ1n) is 7.38. The van der Waals surface area contributed by atoms with Crippen LogP contribution in [0, 0.1) is 0 Å². The second-order valence-electron chi connectivity index (χ2n) is 5.36. The molecule has 3 heteroatoms. The molecular weight excluding hydrogens is 292 g/mol. The lowest BCUT2D eigenvalue weighted by Gasteiger charge is -2.16. The van der Waals surface area contributed by atoms with E-state index in [0.29, 0.717) is 0 Å². The van der Waals surface area contributed by atoms with Crippen LogP contribution in [0.5, 0.6) is 5.75 Å². The van der Waals surface area contributed by atoms with Crippen molar-refractivity contribution in [3.8, 4) is 5.75 Å². The summed E-state index contributed by atoms with van der Waals surface area (Å²) in [5.74, 6) is 0.993. The molecule has 22 heavy (non-hydrogen) atoms. The first-order valence-corrected chi connectivity index (χ1v) is 8.32. The van der Waals surface area contributed by atoms with E-state index in [2.05, 4.69) is 5.38 Å². The first-order chi connectivity index (χ1) is 10.8. The second-order valence-corrected chi connectivity index (χ2v) is 6.14. The number of allylic oxidation sites excluding steroid dienone is 2. The van der Waals surface area contributed by atoms with Gasteiger partial charge in [-0.25, -0.2) is 0 Å². The molecular formula is C19H18O2S. The van der Waals surface area contributed by atoms with Crippen molar-refractivity contribution in [1.29, 1.82) is 0 Å². The third-order valence-electron chi connectivity index (χ3n) is 3.79. The lowest BCUT2D eigenvalue weighted by Crippen LogP contribution is -2.12. The molecule has 1 aromatic heterocycles. The Labute approximate surface area is 134 Å². The number of methoxy groups -OCH3 is 1. The highest BCUT2D eigenvalue weighted by atomic mass is 32.1. The van der Waals surface area contributed by atoms with Gasteiger partial charge in [0.1, 0.15) is 5.75 Å². The van der Waals surface area contributed by atoms with Crippen LogP contribution in [0.3, 0.4) is 0 Å². The van der Waals surface area contributed by atoms with E-state index >= 15 is 0 Å². The van der Waals surface area contributed by atoms with Gasteiger partial charge < -0.3 is 4.74 Å². The largest absolute Gasteiger partial charge is 0.497 e. The molecule has 0 amide bonds. The second kappa shape index (κ2) is 6.75. The minimum Gasteiger partial charge on any atom is -0.497 e. The highest BCUT2D eigenvalue weighted by Gasteiger charge is 2.20. The Balaban J connectivity index is 1.87. The Bertz CT molecular complexity index is 724. The molecule has 1 aliphatic carbocycles. The summed E-state index contributed by atoms with van der Waals surface area (Å²) in [5.41, 5.74) is 3.94. The predicted octanol–water partition coefficient (Wildman–Crippen LogP) is 4.98. The van der Waals surface area contributed by atoms with Crippen LogP contribution >= 0.6 is 11.3 Å². The number of ketones is 1. The van der Waals surface area contributed by atoms with Crippen LogP contribution in [0.25, 0.3) is 12.2 Å². The molecule has 0 N–H and O–H groups in total. The molecule has 1 aliphatic rings. The standard InChI is InChI=1S/C19H18O2S/c1-21-18-7-2-4-14(12-18)10-16-5-3-6-17(19(16)20)11-15-8-9-22-13-15/h2,4,7-13H,3,5-6H2,1H3/b16-10+,17-11?. The van der Waals surface area contributed by atoms with Crippen LogP contribution in [0.15, 0.2) is 52.2 Å². The highest BCUT2D eigenvalue weighted by molar-refractivity contribution is 7.08. The van der Waals surface area contributed by atoms with E-state index in [0.717, 1.165) is 47.3 Å². The minimum atomic E-state index is 0.181. The zero-order chi connectivity index (χ0) is 15.4. The van der Waals surface area contributed by atoms with E-state index < -0.39 is 0 Å². The number of thiophene rings is 1. The van der Waals surface area contributed by atoms with Gasteiger partial charge in [-0.1, -0.05) is 12.1 Å². The molecule has 0 spiro atoms. The lowest BCUT2D eigenvalue weighted by atomic mass is 9.87. The number of hydrogen-bond acceptors (Lipinski definition) is 3. The molecule has 2 nitrogen and oxygen atoms in total. The van der Waals surface area contributed by atoms with Gasteiger partial charge >= 0.3 is 0 Å². The van der Waals surface area contributed by atoms with Crippen molar-refractivity contribution in [2.24, 2.45) is 0 Å². The fourth-order valence-electron chi connectivity index (χ4n) is 2.67. The SMILES string of the molecule is COc1cccc(/C=C2\CCCC(=Cc3ccsc3)C2=O)c1. The van der Waals surface area contributed by atoms with Crippen molar-refractivity contribution in [3.63, 3.8) is 0 Å². The van der Waals surface area contributed by atoms with Gasteiger partial charge in [-0.2, -0.15) is 11.3 Å². The zero-order valence-corrected chi connectivity index (χ0v) is 13.4. The predicted molar refractivity (Wildman–Crippen MR) is 92.1 cm³/mol. The number of hydrogen-bond donors (Lipinski definition) is 0. The van der Waals surface area contributed by atoms with Gasteiger partial charge in [0.05, 0.1) is 7.11 Å². The Morgan fingerprint density at radius 1 is 1.09 bits per heavy atom. The van der Waals surface area contributed by atoms with E-state index in [9.17, 15) is 4.79 Å². The van der Waals surface area contributed by atoms with Crippen molar-refractivity contribution >= 4 is 29.3 Å². The van der Waals surface area contributed by atoms with Crippen molar-refractivity contribution in [1.82, 2.24) is 0 Å². The van der Waals surface area contributed by atoms with E-state index in [1.807, 2.05) is 47.9 Å². The number of carbonyl (C=O) groups is 1. The Hall–Kier alpha value is -2.13. The van der Waals surface area contributed by atoms with Gasteiger partial charge in [0.25, 0.3) is 0 Å². The molecule has 2 aromatic rings. The van der Waals surface area contributed by atoms with Crippen LogP contribution in [0.1, 0.15) is 30.4 Å². The highest BCUT2D eigenvalue weighted by Crippen LogP contribution is 2.28. The molecule has 3 rings (SSSR count). The summed E-state index contributed by atoms with van der Waals surface area (Å²) in [5, 5.41) is 4.10. The van der Waals surface area contributed by atoms with Gasteiger partial charge in [-0.05, 0) is 71.5 Å². The van der Waals surface area contributed by atoms with Crippen molar-refractivity contribution in [3.05, 3.63) is 63.4 Å². The van der Waals surface area contributed by atoms with E-state index in [-0.39, 0.29) is 5.78 Å². The third-order valence-corrected chi connectivity index (χ3v) is 4.50. The first kappa shape index (κ1) is 14.8. The average molecular weight is 310 g/mol. The Morgan fingerprint density at radius 3 is 2.55 bits per heavy atom. The van der Waals surface area contributed by atoms with Gasteiger partial charge in [-0.3, -0.25) is 4.79 Å². The molecule has 1 heterocycles. The number of carbonyl (C=O) groups excluding carboxylic acids is 1. The normalized spacial score (nSPS) is 18.9. The Kier molecular flexibility index (Phi) is 4.54. The van der Waals surface area contributed by atoms with Crippen LogP contribution < -0.4 is 4.74 Å². The van der Waals surface area contributed by atoms with Crippen LogP contribution in [0.4, 0.5) is 0 Å². The van der Waals surface area contributed by atoms with E-state index in [4.69, 9.17) is 4.74 Å². The van der Waals surface area contributed by atoms with Crippen molar-refractivity contribution in [2.45, 2.75) is 19.3 Å². The quantitative estimate of drug-likeness (QED) is 0.748. The lowest BCUT2D eigenvalue weighted by molar-refractivity contribution is -0.112. The monoisotopic (exact) mass is 310 g/mol. The summed E-state index contributed by atoms with van der Waals surface area (Å²) in [4.78, 5) is 12.6. The molecule has 0 bridgehead atoms. The average Bonchev–Trinajstić information content (AvgIpc) is 3.04. The fraction of sp³-hybridized carbons (Fsp3) is 0.211. The van der Waals surface area contributed by atoms with E-state index in [1.54, 1.807) is 18.4 Å². The summed E-state index contributed by atoms with van der Waals surface area (Å²) in [6, 6.07) is 9.86. The summed E-state index contributed by atoms with van der Waals surface area (Å²) in [6.07, 6.45) is 6.75. The summed E-state index contributed by atoms with van der Waals surface area (Å²) in [6.45, 7) is 0. The van der Waals surface area contributed by atoms with Gasteiger partial charge in [0.15, 0.2) is 5.78 Å². The van der Waals surface area contributed by atoms with E-state index in [1.165, 1.54) is 0 Å². The Morgan fingerprint density at radius 2 is 1.86 bits per heavy atom. The van der Waals surface area contributed by atoms with Gasteiger partial charge in [0, 0.05) is 11.1 Å². The number of benzene rings is 1. The molecule has 0 unspecified atom stereocenters. The molecule has 0 atom stereocenters.